The second-order valence-electron chi connectivity index (χ2n) is 11.4. The topological polar surface area (TPSA) is 49.7 Å². The van der Waals surface area contributed by atoms with Crippen LogP contribution in [0.5, 0.6) is 0 Å². The van der Waals surface area contributed by atoms with E-state index in [0.717, 1.165) is 37.7 Å². The van der Waals surface area contributed by atoms with Crippen LogP contribution in [0.15, 0.2) is 35.5 Å². The summed E-state index contributed by atoms with van der Waals surface area (Å²) in [7, 11) is 0.611. The molecule has 0 spiro atoms. The fraction of sp³-hybridized carbons (Fsp3) is 0.786. The number of aliphatic hydroxyl groups excluding tert-OH is 2. The zero-order valence-electron chi connectivity index (χ0n) is 21.6. The minimum Gasteiger partial charge on any atom is -0.393 e. The Balaban J connectivity index is 1.67. The molecule has 36 heavy (non-hydrogen) atoms. The van der Waals surface area contributed by atoms with E-state index >= 15 is 0 Å². The SMILES string of the molecule is C=C1/C(=C\C=C2/CCC[C@@]3(C)C2CCC3[C@H](C)CCCC(C(F)(F)F)C(F)(F)OC)C[C@@H](O)CC1O. The summed E-state index contributed by atoms with van der Waals surface area (Å²) < 4.78 is 71.0. The van der Waals surface area contributed by atoms with Gasteiger partial charge in [0.25, 0.3) is 0 Å². The summed E-state index contributed by atoms with van der Waals surface area (Å²) in [5.41, 5.74) is 2.89. The minimum absolute atomic E-state index is 0.0184. The highest BCUT2D eigenvalue weighted by Crippen LogP contribution is 2.60. The molecule has 3 nitrogen and oxygen atoms in total. The molecule has 4 unspecified atom stereocenters. The van der Waals surface area contributed by atoms with Gasteiger partial charge in [0, 0.05) is 13.5 Å². The molecule has 3 saturated carbocycles. The molecule has 0 heterocycles. The van der Waals surface area contributed by atoms with E-state index in [1.165, 1.54) is 5.57 Å². The Hall–Kier alpha value is -1.25. The van der Waals surface area contributed by atoms with Crippen molar-refractivity contribution in [3.05, 3.63) is 35.5 Å². The van der Waals surface area contributed by atoms with E-state index in [0.29, 0.717) is 43.8 Å². The van der Waals surface area contributed by atoms with Crippen LogP contribution in [0.4, 0.5) is 22.0 Å². The maximum absolute atomic E-state index is 13.8. The van der Waals surface area contributed by atoms with Crippen LogP contribution in [-0.4, -0.2) is 41.8 Å². The van der Waals surface area contributed by atoms with Gasteiger partial charge in [-0.2, -0.15) is 22.0 Å². The highest BCUT2D eigenvalue weighted by Gasteiger charge is 2.56. The number of hydrogen-bond acceptors (Lipinski definition) is 3. The summed E-state index contributed by atoms with van der Waals surface area (Å²) in [6, 6.07) is 0. The zero-order chi connectivity index (χ0) is 26.9. The largest absolute Gasteiger partial charge is 0.400 e. The fourth-order valence-corrected chi connectivity index (χ4v) is 7.19. The number of methoxy groups -OCH3 is 1. The normalized spacial score (nSPS) is 35.8. The first-order valence-electron chi connectivity index (χ1n) is 13.1. The van der Waals surface area contributed by atoms with Gasteiger partial charge < -0.3 is 14.9 Å². The van der Waals surface area contributed by atoms with E-state index in [-0.39, 0.29) is 17.8 Å². The van der Waals surface area contributed by atoms with Crippen molar-refractivity contribution in [2.75, 3.05) is 7.11 Å². The van der Waals surface area contributed by atoms with Crippen LogP contribution < -0.4 is 0 Å². The van der Waals surface area contributed by atoms with Crippen molar-refractivity contribution in [3.8, 4) is 0 Å². The van der Waals surface area contributed by atoms with Crippen molar-refractivity contribution < 1.29 is 36.9 Å². The second kappa shape index (κ2) is 11.2. The minimum atomic E-state index is -5.01. The lowest BCUT2D eigenvalue weighted by Gasteiger charge is -2.44. The molecule has 0 aromatic heterocycles. The number of alkyl halides is 5. The molecular formula is C28H41F5O3. The molecule has 3 aliphatic carbocycles. The van der Waals surface area contributed by atoms with E-state index in [4.69, 9.17) is 0 Å². The van der Waals surface area contributed by atoms with Gasteiger partial charge >= 0.3 is 12.3 Å². The third-order valence-electron chi connectivity index (χ3n) is 9.21. The summed E-state index contributed by atoms with van der Waals surface area (Å²) in [6.07, 6.45) is -0.758. The van der Waals surface area contributed by atoms with Crippen molar-refractivity contribution in [2.24, 2.45) is 29.1 Å². The Kier molecular flexibility index (Phi) is 9.15. The Morgan fingerprint density at radius 2 is 1.83 bits per heavy atom. The monoisotopic (exact) mass is 520 g/mol. The predicted molar refractivity (Wildman–Crippen MR) is 129 cm³/mol. The average molecular weight is 521 g/mol. The van der Waals surface area contributed by atoms with E-state index in [1.54, 1.807) is 0 Å². The molecule has 3 fully saturated rings. The Bertz CT molecular complexity index is 849. The predicted octanol–water partition coefficient (Wildman–Crippen LogP) is 7.35. The molecule has 0 bridgehead atoms. The molecule has 0 saturated heterocycles. The molecule has 2 N–H and O–H groups in total. The molecular weight excluding hydrogens is 479 g/mol. The quantitative estimate of drug-likeness (QED) is 0.329. The Labute approximate surface area is 211 Å². The zero-order valence-corrected chi connectivity index (χ0v) is 21.6. The van der Waals surface area contributed by atoms with Crippen LogP contribution in [0.25, 0.3) is 0 Å². The van der Waals surface area contributed by atoms with Crippen LogP contribution in [0, 0.1) is 29.1 Å². The summed E-state index contributed by atoms with van der Waals surface area (Å²) in [4.78, 5) is 0. The lowest BCUT2D eigenvalue weighted by Crippen LogP contribution is -2.41. The number of allylic oxidation sites excluding steroid dienone is 3. The molecule has 0 radical (unpaired) electrons. The summed E-state index contributed by atoms with van der Waals surface area (Å²) in [5.74, 6) is -1.98. The van der Waals surface area contributed by atoms with E-state index in [1.807, 2.05) is 13.0 Å². The smallest absolute Gasteiger partial charge is 0.393 e. The molecule has 0 amide bonds. The molecule has 3 aliphatic rings. The van der Waals surface area contributed by atoms with Gasteiger partial charge in [-0.3, -0.25) is 0 Å². The molecule has 3 rings (SSSR count). The van der Waals surface area contributed by atoms with Gasteiger partial charge in [0.1, 0.15) is 5.92 Å². The molecule has 0 aliphatic heterocycles. The number of aliphatic hydroxyl groups is 2. The fourth-order valence-electron chi connectivity index (χ4n) is 7.19. The van der Waals surface area contributed by atoms with Crippen LogP contribution >= 0.6 is 0 Å². The Morgan fingerprint density at radius 1 is 1.14 bits per heavy atom. The second-order valence-corrected chi connectivity index (χ2v) is 11.4. The van der Waals surface area contributed by atoms with Crippen LogP contribution in [0.1, 0.15) is 78.1 Å². The van der Waals surface area contributed by atoms with Crippen LogP contribution in [0.2, 0.25) is 0 Å². The average Bonchev–Trinajstić information content (AvgIpc) is 3.14. The van der Waals surface area contributed by atoms with Crippen molar-refractivity contribution in [1.29, 1.82) is 0 Å². The molecule has 206 valence electrons. The number of hydrogen-bond donors (Lipinski definition) is 2. The summed E-state index contributed by atoms with van der Waals surface area (Å²) in [6.45, 7) is 8.30. The van der Waals surface area contributed by atoms with Gasteiger partial charge in [-0.15, -0.1) is 0 Å². The third-order valence-corrected chi connectivity index (χ3v) is 9.21. The maximum atomic E-state index is 13.8. The van der Waals surface area contributed by atoms with Crippen molar-refractivity contribution in [1.82, 2.24) is 0 Å². The highest BCUT2D eigenvalue weighted by molar-refractivity contribution is 5.38. The summed E-state index contributed by atoms with van der Waals surface area (Å²) >= 11 is 0. The van der Waals surface area contributed by atoms with Gasteiger partial charge in [-0.1, -0.05) is 51.0 Å². The third kappa shape index (κ3) is 6.24. The van der Waals surface area contributed by atoms with E-state index in [9.17, 15) is 32.2 Å². The number of fused-ring (bicyclic) bond motifs is 1. The standard InChI is InChI=1S/C28H41F5O3/c1-17(7-5-9-25(27(29,30)31)28(32,33)36-4)22-12-13-23-19(8-6-14-26(22,23)3)10-11-20-15-21(34)16-24(35)18(20)2/h10-11,17,21-25,34-35H,2,5-9,12-16H2,1,3-4H3/b19-10+,20-11-/t17-,21-,22?,23?,24?,25?,26-/m1/s1. The van der Waals surface area contributed by atoms with E-state index in [2.05, 4.69) is 24.3 Å². The first-order valence-corrected chi connectivity index (χ1v) is 13.1. The number of halogens is 5. The highest BCUT2D eigenvalue weighted by atomic mass is 19.4. The number of ether oxygens (including phenoxy) is 1. The van der Waals surface area contributed by atoms with Crippen molar-refractivity contribution >= 4 is 0 Å². The van der Waals surface area contributed by atoms with E-state index < -0.39 is 36.8 Å². The van der Waals surface area contributed by atoms with Gasteiger partial charge in [0.15, 0.2) is 0 Å². The molecule has 7 atom stereocenters. The molecule has 8 heteroatoms. The van der Waals surface area contributed by atoms with Crippen LogP contribution in [-0.2, 0) is 4.74 Å². The summed E-state index contributed by atoms with van der Waals surface area (Å²) in [5, 5.41) is 20.1. The lowest BCUT2D eigenvalue weighted by atomic mass is 9.60. The molecule has 0 aromatic rings. The first-order chi connectivity index (χ1) is 16.7. The first kappa shape index (κ1) is 29.3. The maximum Gasteiger partial charge on any atom is 0.400 e. The van der Waals surface area contributed by atoms with Crippen molar-refractivity contribution in [2.45, 2.75) is 103 Å². The van der Waals surface area contributed by atoms with Gasteiger partial charge in [-0.25, -0.2) is 0 Å². The van der Waals surface area contributed by atoms with Crippen molar-refractivity contribution in [3.63, 3.8) is 0 Å². The molecule has 0 aromatic carbocycles. The lowest BCUT2D eigenvalue weighted by molar-refractivity contribution is -0.328. The number of rotatable bonds is 8. The van der Waals surface area contributed by atoms with Gasteiger partial charge in [-0.05, 0) is 79.3 Å². The van der Waals surface area contributed by atoms with Gasteiger partial charge in [0.05, 0.1) is 12.2 Å². The van der Waals surface area contributed by atoms with Crippen LogP contribution in [0.3, 0.4) is 0 Å². The van der Waals surface area contributed by atoms with Gasteiger partial charge in [0.2, 0.25) is 0 Å². The Morgan fingerprint density at radius 3 is 2.47 bits per heavy atom.